The van der Waals surface area contributed by atoms with Crippen molar-refractivity contribution in [3.63, 3.8) is 0 Å². The smallest absolute Gasteiger partial charge is 0.206 e. The Bertz CT molecular complexity index is 611. The van der Waals surface area contributed by atoms with E-state index in [1.807, 2.05) is 36.4 Å². The second-order valence-electron chi connectivity index (χ2n) is 4.21. The highest BCUT2D eigenvalue weighted by atomic mass is 32.2. The molecule has 94 valence electrons. The molecule has 0 amide bonds. The van der Waals surface area contributed by atoms with E-state index in [1.54, 1.807) is 30.1 Å². The van der Waals surface area contributed by atoms with Gasteiger partial charge in [0.2, 0.25) is 5.78 Å². The van der Waals surface area contributed by atoms with Crippen LogP contribution in [0.15, 0.2) is 59.7 Å². The molecule has 0 aliphatic carbocycles. The summed E-state index contributed by atoms with van der Waals surface area (Å²) in [7, 11) is 0. The molecule has 1 aliphatic heterocycles. The normalized spacial score (nSPS) is 18.1. The van der Waals surface area contributed by atoms with Gasteiger partial charge in [-0.05, 0) is 12.1 Å². The molecular weight excluding hydrogens is 256 g/mol. The number of aromatic nitrogens is 1. The summed E-state index contributed by atoms with van der Waals surface area (Å²) in [6.45, 7) is 0. The fourth-order valence-electron chi connectivity index (χ4n) is 1.93. The average molecular weight is 268 g/mol. The highest BCUT2D eigenvalue weighted by Crippen LogP contribution is 2.24. The molecule has 19 heavy (non-hydrogen) atoms. The summed E-state index contributed by atoms with van der Waals surface area (Å²) in [6, 6.07) is 15.0. The van der Waals surface area contributed by atoms with Crippen molar-refractivity contribution in [1.82, 2.24) is 4.98 Å². The fraction of sp³-hybridized carbons (Fsp3) is 0.133. The van der Waals surface area contributed by atoms with Crippen LogP contribution in [-0.2, 0) is 0 Å². The van der Waals surface area contributed by atoms with Gasteiger partial charge in [0.15, 0.2) is 0 Å². The monoisotopic (exact) mass is 268 g/mol. The molecule has 0 spiro atoms. The van der Waals surface area contributed by atoms with E-state index in [1.165, 1.54) is 0 Å². The van der Waals surface area contributed by atoms with E-state index in [9.17, 15) is 4.79 Å². The minimum absolute atomic E-state index is 0.000897. The van der Waals surface area contributed by atoms with Gasteiger partial charge in [-0.15, -0.1) is 11.8 Å². The Morgan fingerprint density at radius 1 is 1.11 bits per heavy atom. The molecule has 2 heterocycles. The molecule has 0 saturated heterocycles. The van der Waals surface area contributed by atoms with E-state index >= 15 is 0 Å². The van der Waals surface area contributed by atoms with Crippen LogP contribution in [0.2, 0.25) is 0 Å². The summed E-state index contributed by atoms with van der Waals surface area (Å²) >= 11 is 1.63. The van der Waals surface area contributed by atoms with Gasteiger partial charge in [0.1, 0.15) is 11.7 Å². The van der Waals surface area contributed by atoms with Crippen LogP contribution in [0.4, 0.5) is 0 Å². The van der Waals surface area contributed by atoms with Gasteiger partial charge in [0.05, 0.1) is 5.04 Å². The lowest BCUT2D eigenvalue weighted by Gasteiger charge is -2.03. The quantitative estimate of drug-likeness (QED) is 0.804. The lowest BCUT2D eigenvalue weighted by molar-refractivity contribution is 0.0967. The van der Waals surface area contributed by atoms with Crippen molar-refractivity contribution in [1.29, 1.82) is 0 Å². The van der Waals surface area contributed by atoms with Crippen LogP contribution >= 0.6 is 11.8 Å². The van der Waals surface area contributed by atoms with Gasteiger partial charge in [0, 0.05) is 17.5 Å². The van der Waals surface area contributed by atoms with E-state index in [0.29, 0.717) is 11.4 Å². The molecule has 1 aromatic heterocycles. The topological polar surface area (TPSA) is 42.3 Å². The number of hydrogen-bond acceptors (Lipinski definition) is 4. The van der Waals surface area contributed by atoms with Gasteiger partial charge in [-0.2, -0.15) is 0 Å². The van der Waals surface area contributed by atoms with Crippen LogP contribution in [0.5, 0.6) is 0 Å². The first-order valence-corrected chi connectivity index (χ1v) is 7.04. The van der Waals surface area contributed by atoms with Crippen LogP contribution in [0.3, 0.4) is 0 Å². The lowest BCUT2D eigenvalue weighted by Crippen LogP contribution is -2.19. The first-order valence-electron chi connectivity index (χ1n) is 6.06. The number of carbonyl (C=O) groups is 1. The maximum absolute atomic E-state index is 12.2. The van der Waals surface area contributed by atoms with Crippen molar-refractivity contribution >= 4 is 22.6 Å². The van der Waals surface area contributed by atoms with Crippen molar-refractivity contribution in [3.8, 4) is 0 Å². The molecule has 1 aliphatic rings. The fourth-order valence-corrected chi connectivity index (χ4v) is 2.97. The van der Waals surface area contributed by atoms with Crippen molar-refractivity contribution in [2.24, 2.45) is 4.99 Å². The number of hydrogen-bond donors (Lipinski definition) is 0. The van der Waals surface area contributed by atoms with E-state index in [0.717, 1.165) is 10.6 Å². The molecule has 1 atom stereocenters. The maximum atomic E-state index is 12.2. The van der Waals surface area contributed by atoms with Gasteiger partial charge >= 0.3 is 0 Å². The van der Waals surface area contributed by atoms with E-state index < -0.39 is 0 Å². The maximum Gasteiger partial charge on any atom is 0.206 e. The Balaban J connectivity index is 1.82. The van der Waals surface area contributed by atoms with E-state index in [2.05, 4.69) is 9.98 Å². The van der Waals surface area contributed by atoms with Crippen LogP contribution in [0.1, 0.15) is 16.1 Å². The third kappa shape index (κ3) is 2.58. The average Bonchev–Trinajstić information content (AvgIpc) is 2.98. The molecule has 0 saturated carbocycles. The number of Topliss-reactive ketones (excluding diaryl/α,β-unsaturated/α-hetero) is 1. The second kappa shape index (κ2) is 5.36. The van der Waals surface area contributed by atoms with E-state index in [-0.39, 0.29) is 11.8 Å². The zero-order valence-electron chi connectivity index (χ0n) is 10.2. The van der Waals surface area contributed by atoms with Crippen LogP contribution in [0, 0.1) is 0 Å². The summed E-state index contributed by atoms with van der Waals surface area (Å²) in [5, 5.41) is 0.940. The van der Waals surface area contributed by atoms with Crippen molar-refractivity contribution in [2.75, 3.05) is 5.75 Å². The first kappa shape index (κ1) is 12.1. The summed E-state index contributed by atoms with van der Waals surface area (Å²) in [5.74, 6) is 0.693. The Kier molecular flexibility index (Phi) is 3.42. The number of carbonyl (C=O) groups excluding carboxylic acids is 1. The molecule has 0 bridgehead atoms. The Morgan fingerprint density at radius 3 is 2.63 bits per heavy atom. The molecule has 0 N–H and O–H groups in total. The summed E-state index contributed by atoms with van der Waals surface area (Å²) < 4.78 is 0. The van der Waals surface area contributed by atoms with Crippen LogP contribution < -0.4 is 0 Å². The number of pyridine rings is 1. The van der Waals surface area contributed by atoms with Crippen LogP contribution in [-0.4, -0.2) is 27.6 Å². The van der Waals surface area contributed by atoms with E-state index in [4.69, 9.17) is 0 Å². The molecule has 3 rings (SSSR count). The van der Waals surface area contributed by atoms with Gasteiger partial charge in [-0.1, -0.05) is 36.4 Å². The molecule has 4 heteroatoms. The number of rotatable bonds is 3. The molecule has 0 radical (unpaired) electrons. The Hall–Kier alpha value is -1.94. The zero-order valence-corrected chi connectivity index (χ0v) is 11.0. The molecule has 3 nitrogen and oxygen atoms in total. The molecule has 2 aromatic rings. The summed E-state index contributed by atoms with van der Waals surface area (Å²) in [4.78, 5) is 20.9. The summed E-state index contributed by atoms with van der Waals surface area (Å²) in [6.07, 6.45) is 1.64. The van der Waals surface area contributed by atoms with Gasteiger partial charge < -0.3 is 0 Å². The molecule has 0 fully saturated rings. The van der Waals surface area contributed by atoms with Crippen molar-refractivity contribution in [3.05, 3.63) is 66.0 Å². The third-order valence-electron chi connectivity index (χ3n) is 2.89. The molecule has 1 aromatic carbocycles. The van der Waals surface area contributed by atoms with Gasteiger partial charge in [0.25, 0.3) is 0 Å². The zero-order chi connectivity index (χ0) is 13.1. The first-order chi connectivity index (χ1) is 9.34. The number of aliphatic imine (C=N–C) groups is 1. The predicted molar refractivity (Wildman–Crippen MR) is 77.8 cm³/mol. The number of ketones is 1. The third-order valence-corrected chi connectivity index (χ3v) is 3.99. The molecule has 1 unspecified atom stereocenters. The lowest BCUT2D eigenvalue weighted by atomic mass is 10.1. The SMILES string of the molecule is O=C(c1ccccn1)C1CSC(c2ccccc2)=N1. The highest BCUT2D eigenvalue weighted by Gasteiger charge is 2.27. The largest absolute Gasteiger partial charge is 0.290 e. The van der Waals surface area contributed by atoms with Crippen LogP contribution in [0.25, 0.3) is 0 Å². The summed E-state index contributed by atoms with van der Waals surface area (Å²) in [5.41, 5.74) is 1.56. The molecular formula is C15H12N2OS. The minimum atomic E-state index is -0.310. The Labute approximate surface area is 115 Å². The van der Waals surface area contributed by atoms with Gasteiger partial charge in [-0.25, -0.2) is 0 Å². The number of benzene rings is 1. The number of thioether (sulfide) groups is 1. The Morgan fingerprint density at radius 2 is 1.89 bits per heavy atom. The standard InChI is InChI=1S/C15H12N2OS/c18-14(12-8-4-5-9-16-12)13-10-19-15(17-13)11-6-2-1-3-7-11/h1-9,13H,10H2. The van der Waals surface area contributed by atoms with Crippen molar-refractivity contribution < 1.29 is 4.79 Å². The van der Waals surface area contributed by atoms with Crippen molar-refractivity contribution in [2.45, 2.75) is 6.04 Å². The second-order valence-corrected chi connectivity index (χ2v) is 5.22. The number of nitrogens with zero attached hydrogens (tertiary/aromatic N) is 2. The minimum Gasteiger partial charge on any atom is -0.290 e. The highest BCUT2D eigenvalue weighted by molar-refractivity contribution is 8.14. The van der Waals surface area contributed by atoms with Gasteiger partial charge in [-0.3, -0.25) is 14.8 Å². The predicted octanol–water partition coefficient (Wildman–Crippen LogP) is 2.83.